The van der Waals surface area contributed by atoms with Crippen molar-refractivity contribution >= 4 is 17.5 Å². The summed E-state index contributed by atoms with van der Waals surface area (Å²) in [5, 5.41) is 14.4. The lowest BCUT2D eigenvalue weighted by atomic mass is 10.1. The van der Waals surface area contributed by atoms with Crippen LogP contribution in [0.5, 0.6) is 0 Å². The molecule has 4 N–H and O–H groups in total. The Bertz CT molecular complexity index is 1420. The Kier molecular flexibility index (Phi) is 17.3. The van der Waals surface area contributed by atoms with Crippen LogP contribution in [0, 0.1) is 0 Å². The second-order valence-corrected chi connectivity index (χ2v) is 10.5. The number of carbonyl (C=O) groups excluding carboxylic acids is 1. The average molecular weight is 670 g/mol. The van der Waals surface area contributed by atoms with Gasteiger partial charge in [0.05, 0.1) is 85.5 Å². The fourth-order valence-corrected chi connectivity index (χ4v) is 4.42. The van der Waals surface area contributed by atoms with E-state index in [1.807, 2.05) is 24.3 Å². The number of amides is 1. The first-order valence-electron chi connectivity index (χ1n) is 16.3. The lowest BCUT2D eigenvalue weighted by Gasteiger charge is -2.10. The second-order valence-electron chi connectivity index (χ2n) is 10.5. The SMILES string of the molecule is NCCCCOCCOCCOCCOCCOCCOCCNC(=O)c1ccc(-c2cnc(NCc3ccco3)n3cnnc23)cc1. The fraction of sp³-hybridized carbons (Fsp3) is 0.515. The van der Waals surface area contributed by atoms with Gasteiger partial charge in [-0.1, -0.05) is 12.1 Å². The van der Waals surface area contributed by atoms with E-state index in [1.54, 1.807) is 35.3 Å². The van der Waals surface area contributed by atoms with Gasteiger partial charge in [-0.15, -0.1) is 10.2 Å². The molecule has 15 heteroatoms. The van der Waals surface area contributed by atoms with Gasteiger partial charge in [-0.2, -0.15) is 0 Å². The second kappa shape index (κ2) is 22.6. The van der Waals surface area contributed by atoms with E-state index in [0.717, 1.165) is 36.3 Å². The number of benzene rings is 1. The highest BCUT2D eigenvalue weighted by atomic mass is 16.6. The Labute approximate surface area is 280 Å². The highest BCUT2D eigenvalue weighted by Gasteiger charge is 2.13. The van der Waals surface area contributed by atoms with Gasteiger partial charge < -0.3 is 49.2 Å². The van der Waals surface area contributed by atoms with Crippen LogP contribution in [0.25, 0.3) is 16.8 Å². The summed E-state index contributed by atoms with van der Waals surface area (Å²) in [6.45, 7) is 7.67. The van der Waals surface area contributed by atoms with Crippen LogP contribution in [-0.2, 0) is 35.0 Å². The lowest BCUT2D eigenvalue weighted by Crippen LogP contribution is -2.27. The van der Waals surface area contributed by atoms with E-state index >= 15 is 0 Å². The standard InChI is InChI=1S/C33H47N7O8/c34-9-1-2-11-42-14-16-44-18-20-46-22-23-47-21-19-45-17-15-43-13-10-35-32(41)28-7-5-27(6-8-28)30-25-37-33(40-26-38-39-31(30)40)36-24-29-4-3-12-48-29/h3-8,12,25-26H,1-2,9-11,13-24,34H2,(H,35,41)(H,36,37). The van der Waals surface area contributed by atoms with Crippen LogP contribution < -0.4 is 16.4 Å². The Hall–Kier alpha value is -3.96. The number of hydrogen-bond donors (Lipinski definition) is 3. The summed E-state index contributed by atoms with van der Waals surface area (Å²) in [6.07, 6.45) is 6.93. The number of furan rings is 1. The zero-order valence-electron chi connectivity index (χ0n) is 27.3. The van der Waals surface area contributed by atoms with E-state index in [-0.39, 0.29) is 5.91 Å². The molecule has 0 saturated carbocycles. The van der Waals surface area contributed by atoms with E-state index < -0.39 is 0 Å². The first kappa shape index (κ1) is 36.9. The lowest BCUT2D eigenvalue weighted by molar-refractivity contribution is -0.0166. The molecular weight excluding hydrogens is 622 g/mol. The average Bonchev–Trinajstić information content (AvgIpc) is 3.83. The number of carbonyl (C=O) groups is 1. The molecule has 0 aliphatic rings. The molecule has 1 aromatic carbocycles. The van der Waals surface area contributed by atoms with Crippen molar-refractivity contribution in [2.24, 2.45) is 5.73 Å². The van der Waals surface area contributed by atoms with E-state index in [1.165, 1.54) is 0 Å². The quantitative estimate of drug-likeness (QED) is 0.0790. The summed E-state index contributed by atoms with van der Waals surface area (Å²) in [5.74, 6) is 1.20. The molecule has 15 nitrogen and oxygen atoms in total. The summed E-state index contributed by atoms with van der Waals surface area (Å²) in [7, 11) is 0. The van der Waals surface area contributed by atoms with Gasteiger partial charge in [0.2, 0.25) is 5.95 Å². The number of aromatic nitrogens is 4. The van der Waals surface area contributed by atoms with Crippen molar-refractivity contribution in [3.05, 3.63) is 66.5 Å². The third-order valence-electron chi connectivity index (χ3n) is 6.93. The van der Waals surface area contributed by atoms with Crippen LogP contribution in [0.15, 0.2) is 59.6 Å². The summed E-state index contributed by atoms with van der Waals surface area (Å²) in [4.78, 5) is 17.1. The molecule has 0 spiro atoms. The van der Waals surface area contributed by atoms with Crippen molar-refractivity contribution in [1.29, 1.82) is 0 Å². The monoisotopic (exact) mass is 669 g/mol. The molecule has 3 heterocycles. The van der Waals surface area contributed by atoms with Crippen LogP contribution >= 0.6 is 0 Å². The normalized spacial score (nSPS) is 11.4. The number of anilines is 1. The zero-order valence-corrected chi connectivity index (χ0v) is 27.3. The van der Waals surface area contributed by atoms with Gasteiger partial charge in [0.1, 0.15) is 12.1 Å². The topological polar surface area (TPSA) is 179 Å². The first-order valence-corrected chi connectivity index (χ1v) is 16.3. The third kappa shape index (κ3) is 13.3. The van der Waals surface area contributed by atoms with Crippen molar-refractivity contribution in [3.63, 3.8) is 0 Å². The Morgan fingerprint density at radius 1 is 0.792 bits per heavy atom. The molecule has 1 amide bonds. The van der Waals surface area contributed by atoms with Crippen molar-refractivity contribution in [2.45, 2.75) is 19.4 Å². The molecule has 0 aliphatic heterocycles. The van der Waals surface area contributed by atoms with Crippen molar-refractivity contribution < 1.29 is 37.6 Å². The highest BCUT2D eigenvalue weighted by molar-refractivity contribution is 5.95. The molecule has 0 radical (unpaired) electrons. The molecule has 48 heavy (non-hydrogen) atoms. The van der Waals surface area contributed by atoms with E-state index in [2.05, 4.69) is 25.8 Å². The predicted octanol–water partition coefficient (Wildman–Crippen LogP) is 2.56. The maximum atomic E-state index is 12.6. The molecule has 4 rings (SSSR count). The van der Waals surface area contributed by atoms with Crippen LogP contribution in [0.4, 0.5) is 5.95 Å². The Morgan fingerprint density at radius 3 is 2.02 bits per heavy atom. The van der Waals surface area contributed by atoms with Crippen molar-refractivity contribution in [2.75, 3.05) is 97.7 Å². The molecule has 262 valence electrons. The number of rotatable bonds is 27. The summed E-state index contributed by atoms with van der Waals surface area (Å²) < 4.78 is 40.0. The Morgan fingerprint density at radius 2 is 1.42 bits per heavy atom. The van der Waals surface area contributed by atoms with Gasteiger partial charge in [0.25, 0.3) is 5.91 Å². The molecule has 4 aromatic rings. The number of hydrogen-bond acceptors (Lipinski definition) is 13. The van der Waals surface area contributed by atoms with E-state index in [4.69, 9.17) is 38.6 Å². The molecule has 0 aliphatic carbocycles. The van der Waals surface area contributed by atoms with Gasteiger partial charge in [0.15, 0.2) is 5.65 Å². The van der Waals surface area contributed by atoms with E-state index in [9.17, 15) is 4.79 Å². The first-order chi connectivity index (χ1) is 23.8. The van der Waals surface area contributed by atoms with Crippen LogP contribution in [0.1, 0.15) is 29.0 Å². The number of nitrogens with two attached hydrogens (primary N) is 1. The molecule has 0 fully saturated rings. The Balaban J connectivity index is 0.981. The van der Waals surface area contributed by atoms with Gasteiger partial charge in [0, 0.05) is 30.5 Å². The maximum absolute atomic E-state index is 12.6. The van der Waals surface area contributed by atoms with Gasteiger partial charge in [-0.25, -0.2) is 4.98 Å². The van der Waals surface area contributed by atoms with Gasteiger partial charge in [-0.3, -0.25) is 9.20 Å². The number of ether oxygens (including phenoxy) is 6. The maximum Gasteiger partial charge on any atom is 0.251 e. The number of nitrogens with one attached hydrogen (secondary N) is 2. The molecule has 0 atom stereocenters. The largest absolute Gasteiger partial charge is 0.467 e. The fourth-order valence-electron chi connectivity index (χ4n) is 4.42. The van der Waals surface area contributed by atoms with Crippen LogP contribution in [0.3, 0.4) is 0 Å². The van der Waals surface area contributed by atoms with E-state index in [0.29, 0.717) is 109 Å². The molecular formula is C33H47N7O8. The van der Waals surface area contributed by atoms with Crippen LogP contribution in [-0.4, -0.2) is 118 Å². The minimum Gasteiger partial charge on any atom is -0.467 e. The smallest absolute Gasteiger partial charge is 0.251 e. The van der Waals surface area contributed by atoms with Gasteiger partial charge >= 0.3 is 0 Å². The number of fused-ring (bicyclic) bond motifs is 1. The zero-order chi connectivity index (χ0) is 33.5. The van der Waals surface area contributed by atoms with Crippen molar-refractivity contribution in [1.82, 2.24) is 24.9 Å². The minimum atomic E-state index is -0.183. The summed E-state index contributed by atoms with van der Waals surface area (Å²) >= 11 is 0. The number of unbranched alkanes of at least 4 members (excludes halogenated alkanes) is 1. The minimum absolute atomic E-state index is 0.183. The molecule has 0 bridgehead atoms. The number of nitrogens with zero attached hydrogens (tertiary/aromatic N) is 4. The molecule has 0 unspecified atom stereocenters. The molecule has 3 aromatic heterocycles. The third-order valence-corrected chi connectivity index (χ3v) is 6.93. The van der Waals surface area contributed by atoms with Crippen LogP contribution in [0.2, 0.25) is 0 Å². The summed E-state index contributed by atoms with van der Waals surface area (Å²) in [6, 6.07) is 11.0. The van der Waals surface area contributed by atoms with Crippen molar-refractivity contribution in [3.8, 4) is 11.1 Å². The highest BCUT2D eigenvalue weighted by Crippen LogP contribution is 2.25. The molecule has 0 saturated heterocycles. The van der Waals surface area contributed by atoms with Gasteiger partial charge in [-0.05, 0) is 49.2 Å². The summed E-state index contributed by atoms with van der Waals surface area (Å²) in [5.41, 5.74) is 8.28. The predicted molar refractivity (Wildman–Crippen MR) is 178 cm³/mol.